The molecular weight excluding hydrogens is 1200 g/mol. The standard InChI is InChI=1S/C60H100O30/c1-23(8-12-35(57(4,5)80)89-55-50(90-54-49(79)43(73)38(68)29(19-63)85-54)45(75)40(70)31(87-55)21-82-52-47(77)42(72)37(67)28(18-62)84-52)24-14-15-58(6)32-11-9-25-26(60(32,22-64)33(65)16-59(24,58)7)10-13-34(56(25,2)3)88-53-48(78)44(74)39(69)30(86-53)20-81-51-46(76)41(71)36(66)27(17-61)83-51/h9,23-24,26-32,34-55,61-64,66-80H,8,10-22H2,1-7H3/t23-,24?,26?,27-,28-,29-,30-,31-,32+,34+,35-,36-,37-,38-,39-,40-,41+,42+,43+,44+,45+,46-,47-,48-,49-,50-,51-,52-,53+,54+,55+,58+,59-,60+/m1/s1. The van der Waals surface area contributed by atoms with Crippen LogP contribution in [-0.2, 0) is 52.2 Å². The topological polar surface area (TPSA) is 494 Å². The minimum atomic E-state index is -1.98. The Labute approximate surface area is 521 Å². The van der Waals surface area contributed by atoms with Crippen molar-refractivity contribution in [1.82, 2.24) is 0 Å². The van der Waals surface area contributed by atoms with Gasteiger partial charge in [0.15, 0.2) is 31.5 Å². The summed E-state index contributed by atoms with van der Waals surface area (Å²) in [6.45, 7) is 9.28. The van der Waals surface area contributed by atoms with E-state index >= 15 is 4.79 Å². The maximum atomic E-state index is 15.4. The van der Waals surface area contributed by atoms with Crippen molar-refractivity contribution in [3.63, 3.8) is 0 Å². The van der Waals surface area contributed by atoms with Gasteiger partial charge in [-0.2, -0.15) is 0 Å². The van der Waals surface area contributed by atoms with Gasteiger partial charge in [-0.05, 0) is 93.3 Å². The summed E-state index contributed by atoms with van der Waals surface area (Å²) in [6.07, 6.45) is -38.9. The van der Waals surface area contributed by atoms with Crippen molar-refractivity contribution < 1.29 is 149 Å². The summed E-state index contributed by atoms with van der Waals surface area (Å²) in [6, 6.07) is 0. The molecule has 19 N–H and O–H groups in total. The van der Waals surface area contributed by atoms with Gasteiger partial charge in [0.25, 0.3) is 0 Å². The zero-order valence-electron chi connectivity index (χ0n) is 51.9. The van der Waals surface area contributed by atoms with E-state index in [2.05, 4.69) is 26.8 Å². The van der Waals surface area contributed by atoms with Crippen LogP contribution in [0.15, 0.2) is 11.6 Å². The number of ether oxygens (including phenoxy) is 10. The Kier molecular flexibility index (Phi) is 22.6. The molecule has 5 heterocycles. The fraction of sp³-hybridized carbons (Fsp3) is 0.950. The monoisotopic (exact) mass is 1300 g/mol. The first-order chi connectivity index (χ1) is 42.2. The number of rotatable bonds is 21. The van der Waals surface area contributed by atoms with E-state index in [4.69, 9.17) is 47.4 Å². The number of allylic oxidation sites excluding steroid dienone is 1. The van der Waals surface area contributed by atoms with Crippen LogP contribution in [0.2, 0.25) is 0 Å². The second-order valence-corrected chi connectivity index (χ2v) is 28.4. The molecule has 0 aromatic carbocycles. The molecule has 9 aliphatic rings. The van der Waals surface area contributed by atoms with Crippen molar-refractivity contribution in [2.45, 2.75) is 271 Å². The average molecular weight is 1300 g/mol. The summed E-state index contributed by atoms with van der Waals surface area (Å²) in [4.78, 5) is 15.4. The third-order valence-corrected chi connectivity index (χ3v) is 22.6. The highest BCUT2D eigenvalue weighted by Gasteiger charge is 2.72. The van der Waals surface area contributed by atoms with Gasteiger partial charge in [0.1, 0.15) is 128 Å². The molecular formula is C60H100O30. The molecule has 0 spiro atoms. The summed E-state index contributed by atoms with van der Waals surface area (Å²) < 4.78 is 59.1. The van der Waals surface area contributed by atoms with Crippen molar-refractivity contribution in [3.05, 3.63) is 11.6 Å². The number of aliphatic hydroxyl groups is 19. The van der Waals surface area contributed by atoms with Gasteiger partial charge in [0.2, 0.25) is 0 Å². The Balaban J connectivity index is 0.894. The quantitative estimate of drug-likeness (QED) is 0.0476. The normalized spacial score (nSPS) is 50.5. The van der Waals surface area contributed by atoms with E-state index in [1.807, 2.05) is 13.8 Å². The van der Waals surface area contributed by atoms with Crippen molar-refractivity contribution >= 4 is 5.78 Å². The lowest BCUT2D eigenvalue weighted by Gasteiger charge is -2.65. The van der Waals surface area contributed by atoms with Crippen LogP contribution in [-0.4, -0.2) is 314 Å². The Hall–Kier alpha value is -1.75. The second kappa shape index (κ2) is 28.0. The summed E-state index contributed by atoms with van der Waals surface area (Å²) in [5.41, 5.74) is -3.91. The van der Waals surface area contributed by atoms with Crippen molar-refractivity contribution in [2.24, 2.45) is 45.3 Å². The third kappa shape index (κ3) is 12.9. The van der Waals surface area contributed by atoms with Gasteiger partial charge < -0.3 is 144 Å². The molecule has 0 radical (unpaired) electrons. The zero-order valence-corrected chi connectivity index (χ0v) is 51.9. The van der Waals surface area contributed by atoms with Gasteiger partial charge in [0.05, 0.1) is 62.9 Å². The van der Waals surface area contributed by atoms with Crippen LogP contribution in [0.25, 0.3) is 0 Å². The Bertz CT molecular complexity index is 2410. The van der Waals surface area contributed by atoms with E-state index in [9.17, 15) is 97.0 Å². The van der Waals surface area contributed by atoms with Crippen molar-refractivity contribution in [1.29, 1.82) is 0 Å². The molecule has 0 aromatic rings. The van der Waals surface area contributed by atoms with Gasteiger partial charge >= 0.3 is 0 Å². The molecule has 90 heavy (non-hydrogen) atoms. The van der Waals surface area contributed by atoms with E-state index in [0.717, 1.165) is 5.57 Å². The van der Waals surface area contributed by atoms with Crippen LogP contribution in [0.4, 0.5) is 0 Å². The molecule has 5 aliphatic heterocycles. The molecule has 520 valence electrons. The Morgan fingerprint density at radius 3 is 1.48 bits per heavy atom. The molecule has 8 fully saturated rings. The predicted molar refractivity (Wildman–Crippen MR) is 301 cm³/mol. The van der Waals surface area contributed by atoms with Crippen LogP contribution in [0, 0.1) is 45.3 Å². The summed E-state index contributed by atoms with van der Waals surface area (Å²) in [5, 5.41) is 204. The largest absolute Gasteiger partial charge is 0.395 e. The highest BCUT2D eigenvalue weighted by atomic mass is 16.8. The van der Waals surface area contributed by atoms with Crippen molar-refractivity contribution in [2.75, 3.05) is 39.6 Å². The maximum absolute atomic E-state index is 15.4. The molecule has 0 bridgehead atoms. The molecule has 34 atom stereocenters. The number of ketones is 1. The fourth-order valence-electron chi connectivity index (χ4n) is 16.8. The second-order valence-electron chi connectivity index (χ2n) is 28.4. The van der Waals surface area contributed by atoms with Crippen LogP contribution in [0.5, 0.6) is 0 Å². The number of Topliss-reactive ketones (excluding diaryl/α,β-unsaturated/α-hetero) is 1. The molecule has 4 aliphatic carbocycles. The predicted octanol–water partition coefficient (Wildman–Crippen LogP) is -6.23. The van der Waals surface area contributed by atoms with Gasteiger partial charge in [-0.25, -0.2) is 0 Å². The Morgan fingerprint density at radius 2 is 0.989 bits per heavy atom. The lowest BCUT2D eigenvalue weighted by Crippen LogP contribution is -2.66. The average Bonchev–Trinajstić information content (AvgIpc) is 1.28. The van der Waals surface area contributed by atoms with E-state index in [1.165, 1.54) is 13.8 Å². The number of hydrogen-bond acceptors (Lipinski definition) is 30. The molecule has 5 saturated heterocycles. The minimum Gasteiger partial charge on any atom is -0.395 e. The van der Waals surface area contributed by atoms with Gasteiger partial charge in [-0.1, -0.05) is 46.3 Å². The number of fused-ring (bicyclic) bond motifs is 5. The van der Waals surface area contributed by atoms with Crippen LogP contribution >= 0.6 is 0 Å². The molecule has 0 aromatic heterocycles. The minimum absolute atomic E-state index is 0.0753. The highest BCUT2D eigenvalue weighted by Crippen LogP contribution is 2.74. The molecule has 9 rings (SSSR count). The maximum Gasteiger partial charge on any atom is 0.187 e. The smallest absolute Gasteiger partial charge is 0.187 e. The Morgan fingerprint density at radius 1 is 0.544 bits per heavy atom. The molecule has 3 saturated carbocycles. The summed E-state index contributed by atoms with van der Waals surface area (Å²) >= 11 is 0. The molecule has 2 unspecified atom stereocenters. The number of carbonyl (C=O) groups excluding carboxylic acids is 1. The van der Waals surface area contributed by atoms with E-state index < -0.39 is 239 Å². The van der Waals surface area contributed by atoms with E-state index in [-0.39, 0.29) is 36.4 Å². The van der Waals surface area contributed by atoms with Gasteiger partial charge in [0, 0.05) is 11.8 Å². The molecule has 30 nitrogen and oxygen atoms in total. The van der Waals surface area contributed by atoms with Crippen LogP contribution < -0.4 is 0 Å². The van der Waals surface area contributed by atoms with Crippen molar-refractivity contribution in [3.8, 4) is 0 Å². The first-order valence-corrected chi connectivity index (χ1v) is 31.6. The summed E-state index contributed by atoms with van der Waals surface area (Å²) in [5.74, 6) is -1.01. The van der Waals surface area contributed by atoms with Crippen LogP contribution in [0.3, 0.4) is 0 Å². The number of aliphatic hydroxyl groups excluding tert-OH is 18. The van der Waals surface area contributed by atoms with Gasteiger partial charge in [-0.15, -0.1) is 0 Å². The fourth-order valence-corrected chi connectivity index (χ4v) is 16.8. The highest BCUT2D eigenvalue weighted by molar-refractivity contribution is 5.89. The molecule has 0 amide bonds. The third-order valence-electron chi connectivity index (χ3n) is 22.6. The lowest BCUT2D eigenvalue weighted by molar-refractivity contribution is -0.380. The SMILES string of the molecule is C[C@H](CC[C@@H](O[C@@H]1O[C@H](CO[C@@H]2O[C@H](CO)[C@@H](O)[C@H](O)[C@H]2O)[C@@H](O)[C@H](O)[C@H]1O[C@@H]1O[C@H](CO)[C@@H](O)[C@H](O)[C@H]1O)C(C)(C)O)C1CC[C@@]2(C)[C@@H]3CC=C4C(CC[C@H](O[C@@H]5O[C@H](CO[C@@H]6O[C@H](CO)[C@@H](O)[C@H](O)[C@H]6O)[C@@H](O)[C@H](O)[C@H]5O)C4(C)C)[C@]3(CO)C(=O)C[C@]12C. The number of carbonyl (C=O) groups is 1. The van der Waals surface area contributed by atoms with Gasteiger partial charge in [-0.3, -0.25) is 4.79 Å². The lowest BCUT2D eigenvalue weighted by atomic mass is 9.38. The van der Waals surface area contributed by atoms with E-state index in [1.54, 1.807) is 0 Å². The number of hydrogen-bond donors (Lipinski definition) is 19. The first kappa shape index (κ1) is 72.5. The van der Waals surface area contributed by atoms with Crippen LogP contribution in [0.1, 0.15) is 99.8 Å². The molecule has 30 heteroatoms. The zero-order chi connectivity index (χ0) is 66.2. The summed E-state index contributed by atoms with van der Waals surface area (Å²) in [7, 11) is 0. The van der Waals surface area contributed by atoms with E-state index in [0.29, 0.717) is 38.5 Å². The first-order valence-electron chi connectivity index (χ1n) is 31.6.